The van der Waals surface area contributed by atoms with Crippen LogP contribution in [-0.2, 0) is 0 Å². The number of benzene rings is 2. The van der Waals surface area contributed by atoms with E-state index < -0.39 is 0 Å². The minimum Gasteiger partial charge on any atom is -0.102 e. The van der Waals surface area contributed by atoms with E-state index in [-0.39, 0.29) is 5.92 Å². The van der Waals surface area contributed by atoms with Crippen LogP contribution in [0.2, 0.25) is 0 Å². The lowest BCUT2D eigenvalue weighted by Gasteiger charge is -2.08. The molecule has 90 valence electrons. The number of allylic oxidation sites excluding steroid dienone is 2. The molecule has 0 heterocycles. The van der Waals surface area contributed by atoms with Crippen molar-refractivity contribution in [2.75, 3.05) is 0 Å². The molecule has 0 radical (unpaired) electrons. The highest BCUT2D eigenvalue weighted by molar-refractivity contribution is 5.55. The topological polar surface area (TPSA) is 0 Å². The molecule has 0 aliphatic carbocycles. The Labute approximate surface area is 109 Å². The largest absolute Gasteiger partial charge is 0.102 e. The Balaban J connectivity index is 2.22. The summed E-state index contributed by atoms with van der Waals surface area (Å²) >= 11 is 0. The van der Waals surface area contributed by atoms with Gasteiger partial charge in [-0.2, -0.15) is 0 Å². The maximum Gasteiger partial charge on any atom is 0.0199 e. The molecule has 0 aliphatic heterocycles. The molecule has 0 saturated carbocycles. The Hall–Kier alpha value is -2.08. The van der Waals surface area contributed by atoms with Gasteiger partial charge in [-0.1, -0.05) is 72.8 Å². The first-order chi connectivity index (χ1) is 8.81. The predicted molar refractivity (Wildman–Crippen MR) is 79.6 cm³/mol. The van der Waals surface area contributed by atoms with Gasteiger partial charge in [0, 0.05) is 5.92 Å². The number of aryl methyl sites for hydroxylation is 1. The van der Waals surface area contributed by atoms with Crippen LogP contribution in [0.15, 0.2) is 73.3 Å². The Kier molecular flexibility index (Phi) is 4.14. The standard InChI is InChI=1S/C18H18/c1-3-16(18-11-5-4-6-12-18)13-14-17-10-8-7-9-15(17)2/h3-14,16H,1H2,2H3. The summed E-state index contributed by atoms with van der Waals surface area (Å²) in [6, 6.07) is 18.8. The van der Waals surface area contributed by atoms with Crippen molar-refractivity contribution in [3.63, 3.8) is 0 Å². The van der Waals surface area contributed by atoms with E-state index in [9.17, 15) is 0 Å². The zero-order valence-corrected chi connectivity index (χ0v) is 10.7. The van der Waals surface area contributed by atoms with Gasteiger partial charge in [-0.15, -0.1) is 6.58 Å². The van der Waals surface area contributed by atoms with E-state index in [0.717, 1.165) is 0 Å². The van der Waals surface area contributed by atoms with E-state index in [0.29, 0.717) is 0 Å². The lowest BCUT2D eigenvalue weighted by molar-refractivity contribution is 1.09. The third-order valence-electron chi connectivity index (χ3n) is 3.11. The third-order valence-corrected chi connectivity index (χ3v) is 3.11. The monoisotopic (exact) mass is 234 g/mol. The van der Waals surface area contributed by atoms with Gasteiger partial charge in [0.1, 0.15) is 0 Å². The van der Waals surface area contributed by atoms with Gasteiger partial charge < -0.3 is 0 Å². The summed E-state index contributed by atoms with van der Waals surface area (Å²) in [4.78, 5) is 0. The van der Waals surface area contributed by atoms with E-state index >= 15 is 0 Å². The summed E-state index contributed by atoms with van der Waals surface area (Å²) in [5, 5.41) is 0. The maximum absolute atomic E-state index is 3.92. The Bertz CT molecular complexity index is 535. The molecule has 1 atom stereocenters. The molecular weight excluding hydrogens is 216 g/mol. The van der Waals surface area contributed by atoms with Crippen LogP contribution in [0.25, 0.3) is 6.08 Å². The van der Waals surface area contributed by atoms with Crippen LogP contribution < -0.4 is 0 Å². The molecule has 0 N–H and O–H groups in total. The minimum atomic E-state index is 0.269. The molecule has 0 heteroatoms. The fourth-order valence-electron chi connectivity index (χ4n) is 1.98. The van der Waals surface area contributed by atoms with E-state index in [2.05, 4.69) is 74.2 Å². The lowest BCUT2D eigenvalue weighted by atomic mass is 9.97. The molecule has 0 spiro atoms. The van der Waals surface area contributed by atoms with E-state index in [1.54, 1.807) is 0 Å². The van der Waals surface area contributed by atoms with Crippen molar-refractivity contribution in [2.45, 2.75) is 12.8 Å². The van der Waals surface area contributed by atoms with E-state index in [1.165, 1.54) is 16.7 Å². The summed E-state index contributed by atoms with van der Waals surface area (Å²) in [6.45, 7) is 6.05. The maximum atomic E-state index is 3.92. The van der Waals surface area contributed by atoms with Crippen LogP contribution in [0.3, 0.4) is 0 Å². The highest BCUT2D eigenvalue weighted by atomic mass is 14.1. The molecule has 2 aromatic rings. The molecule has 0 aliphatic rings. The van der Waals surface area contributed by atoms with Gasteiger partial charge in [-0.3, -0.25) is 0 Å². The van der Waals surface area contributed by atoms with Crippen LogP contribution >= 0.6 is 0 Å². The van der Waals surface area contributed by atoms with E-state index in [1.807, 2.05) is 12.1 Å². The number of hydrogen-bond donors (Lipinski definition) is 0. The molecule has 18 heavy (non-hydrogen) atoms. The average molecular weight is 234 g/mol. The molecule has 0 saturated heterocycles. The summed E-state index contributed by atoms with van der Waals surface area (Å²) in [7, 11) is 0. The average Bonchev–Trinajstić information content (AvgIpc) is 2.42. The number of hydrogen-bond acceptors (Lipinski definition) is 0. The summed E-state index contributed by atoms with van der Waals surface area (Å²) < 4.78 is 0. The van der Waals surface area contributed by atoms with Crippen LogP contribution in [0.5, 0.6) is 0 Å². The quantitative estimate of drug-likeness (QED) is 0.655. The Morgan fingerprint density at radius 3 is 2.28 bits per heavy atom. The van der Waals surface area contributed by atoms with Gasteiger partial charge in [-0.25, -0.2) is 0 Å². The van der Waals surface area contributed by atoms with Crippen molar-refractivity contribution in [1.29, 1.82) is 0 Å². The Morgan fingerprint density at radius 1 is 0.944 bits per heavy atom. The summed E-state index contributed by atoms with van der Waals surface area (Å²) in [5.74, 6) is 0.269. The van der Waals surface area contributed by atoms with Crippen LogP contribution in [0, 0.1) is 6.92 Å². The van der Waals surface area contributed by atoms with Gasteiger partial charge in [-0.05, 0) is 23.6 Å². The van der Waals surface area contributed by atoms with E-state index in [4.69, 9.17) is 0 Å². The zero-order valence-electron chi connectivity index (χ0n) is 10.7. The van der Waals surface area contributed by atoms with Gasteiger partial charge >= 0.3 is 0 Å². The summed E-state index contributed by atoms with van der Waals surface area (Å²) in [5.41, 5.74) is 3.84. The molecule has 0 aromatic heterocycles. The van der Waals surface area contributed by atoms with Crippen molar-refractivity contribution < 1.29 is 0 Å². The molecule has 2 aromatic carbocycles. The molecular formula is C18H18. The van der Waals surface area contributed by atoms with Crippen molar-refractivity contribution in [3.8, 4) is 0 Å². The SMILES string of the molecule is C=CC(C=Cc1ccccc1C)c1ccccc1. The predicted octanol–water partition coefficient (Wildman–Crippen LogP) is 4.98. The highest BCUT2D eigenvalue weighted by Crippen LogP contribution is 2.20. The molecule has 0 nitrogen and oxygen atoms in total. The van der Waals surface area contributed by atoms with Gasteiger partial charge in [0.2, 0.25) is 0 Å². The fraction of sp³-hybridized carbons (Fsp3) is 0.111. The van der Waals surface area contributed by atoms with Crippen LogP contribution in [0.4, 0.5) is 0 Å². The first-order valence-electron chi connectivity index (χ1n) is 6.22. The van der Waals surface area contributed by atoms with Crippen molar-refractivity contribution in [1.82, 2.24) is 0 Å². The minimum absolute atomic E-state index is 0.269. The first kappa shape index (κ1) is 12.4. The van der Waals surface area contributed by atoms with Crippen molar-refractivity contribution >= 4 is 6.08 Å². The molecule has 2 rings (SSSR count). The molecule has 0 fully saturated rings. The van der Waals surface area contributed by atoms with Crippen LogP contribution in [0.1, 0.15) is 22.6 Å². The second kappa shape index (κ2) is 6.02. The van der Waals surface area contributed by atoms with Gasteiger partial charge in [0.05, 0.1) is 0 Å². The molecule has 0 bridgehead atoms. The summed E-state index contributed by atoms with van der Waals surface area (Å²) in [6.07, 6.45) is 6.35. The fourth-order valence-corrected chi connectivity index (χ4v) is 1.98. The second-order valence-electron chi connectivity index (χ2n) is 4.39. The normalized spacial score (nSPS) is 12.5. The van der Waals surface area contributed by atoms with Gasteiger partial charge in [0.15, 0.2) is 0 Å². The van der Waals surface area contributed by atoms with Gasteiger partial charge in [0.25, 0.3) is 0 Å². The zero-order chi connectivity index (χ0) is 12.8. The van der Waals surface area contributed by atoms with Crippen LogP contribution in [-0.4, -0.2) is 0 Å². The first-order valence-corrected chi connectivity index (χ1v) is 6.22. The Morgan fingerprint density at radius 2 is 1.61 bits per heavy atom. The van der Waals surface area contributed by atoms with Crippen molar-refractivity contribution in [3.05, 3.63) is 90.0 Å². The second-order valence-corrected chi connectivity index (χ2v) is 4.39. The molecule has 1 unspecified atom stereocenters. The molecule has 0 amide bonds. The van der Waals surface area contributed by atoms with Crippen molar-refractivity contribution in [2.24, 2.45) is 0 Å². The lowest BCUT2D eigenvalue weighted by Crippen LogP contribution is -1.89. The smallest absolute Gasteiger partial charge is 0.0199 e. The highest BCUT2D eigenvalue weighted by Gasteiger charge is 2.02. The number of rotatable bonds is 4. The third kappa shape index (κ3) is 2.98.